The fourth-order valence-corrected chi connectivity index (χ4v) is 20.2. The molecule has 19 N–H and O–H groups in total. The Morgan fingerprint density at radius 3 is 1.74 bits per heavy atom. The molecule has 612 valence electrons. The molecule has 34 heteroatoms. The molecule has 11 aliphatic rings. The van der Waals surface area contributed by atoms with Crippen LogP contribution in [0.5, 0.6) is 5.75 Å². The molecule has 0 radical (unpaired) electrons. The molecule has 1 aromatic carbocycles. The van der Waals surface area contributed by atoms with Crippen LogP contribution in [-0.4, -0.2) is 332 Å². The highest BCUT2D eigenvalue weighted by atomic mass is 16.8. The van der Waals surface area contributed by atoms with Crippen molar-refractivity contribution in [1.82, 2.24) is 0 Å². The minimum atomic E-state index is -2.02. The third kappa shape index (κ3) is 15.0. The number of allylic oxidation sites excluding steroid dienone is 2. The predicted molar refractivity (Wildman–Crippen MR) is 363 cm³/mol. The quantitative estimate of drug-likeness (QED) is 0.0274. The summed E-state index contributed by atoms with van der Waals surface area (Å²) in [6.45, 7) is 12.7. The van der Waals surface area contributed by atoms with Gasteiger partial charge in [0.15, 0.2) is 37.6 Å². The lowest BCUT2D eigenvalue weighted by molar-refractivity contribution is -0.389. The SMILES string of the molecule is C[C@@H]1O[C@@H](O[C@H]2[C@H](O)[C@@H](O)[C@H](OC[C@H]3O[C@@H](OC(=O)[C@]45CCC(C)(C)C[C@H]4C4=CC[C@@H]6[C@@]7(C)CC[C@H](O[C@@H]8OC[C@H](O)[C@@H](O[C@@H]9O[C@@H](CO)[C@@H](O)[C@H](OC(=O)/C=C\c%10ccc(O)cc%10)[C@H]9O)[C@@H]8O[C@@H]8O[C@H](CO)[C@@H](O)[C@H](O)[C@H]8O)C(C)(C)[C@@H]7CC[C@@]6(C)[C@]4(C)C[C@H]5O)[C@H](O)[C@@H](O)[C@@H]3O)O[C@H]2CO)[C@@H](O)[C@H](O)[C@H]1O. The number of esters is 2. The van der Waals surface area contributed by atoms with Gasteiger partial charge >= 0.3 is 11.9 Å². The Kier molecular flexibility index (Phi) is 24.9. The van der Waals surface area contributed by atoms with Gasteiger partial charge in [-0.25, -0.2) is 4.79 Å². The van der Waals surface area contributed by atoms with Crippen molar-refractivity contribution in [2.75, 3.05) is 33.0 Å². The second kappa shape index (κ2) is 32.2. The van der Waals surface area contributed by atoms with E-state index >= 15 is 4.79 Å². The van der Waals surface area contributed by atoms with Gasteiger partial charge in [0.2, 0.25) is 6.29 Å². The number of aromatic hydroxyl groups is 1. The Labute approximate surface area is 624 Å². The average Bonchev–Trinajstić information content (AvgIpc) is 0.670. The van der Waals surface area contributed by atoms with E-state index < -0.39 is 268 Å². The van der Waals surface area contributed by atoms with Crippen LogP contribution in [0.15, 0.2) is 42.0 Å². The van der Waals surface area contributed by atoms with Gasteiger partial charge in [-0.15, -0.1) is 0 Å². The summed E-state index contributed by atoms with van der Waals surface area (Å²) < 4.78 is 78.3. The highest BCUT2D eigenvalue weighted by molar-refractivity contribution is 5.87. The normalized spacial score (nSPS) is 50.1. The van der Waals surface area contributed by atoms with Crippen molar-refractivity contribution in [2.45, 2.75) is 304 Å². The molecule has 1 aromatic rings. The van der Waals surface area contributed by atoms with E-state index in [1.165, 1.54) is 37.3 Å². The van der Waals surface area contributed by atoms with E-state index in [1.54, 1.807) is 0 Å². The number of phenols is 1. The zero-order valence-corrected chi connectivity index (χ0v) is 61.7. The monoisotopic (exact) mass is 1540 g/mol. The third-order valence-electron chi connectivity index (χ3n) is 26.8. The third-order valence-corrected chi connectivity index (χ3v) is 26.8. The number of aliphatic hydroxyl groups is 18. The molecule has 6 heterocycles. The summed E-state index contributed by atoms with van der Waals surface area (Å²) in [4.78, 5) is 28.7. The van der Waals surface area contributed by atoms with Crippen LogP contribution in [0.4, 0.5) is 0 Å². The molecule has 10 fully saturated rings. The van der Waals surface area contributed by atoms with Crippen LogP contribution in [0, 0.1) is 50.2 Å². The van der Waals surface area contributed by atoms with Crippen LogP contribution in [0.3, 0.4) is 0 Å². The maximum absolute atomic E-state index is 15.5. The van der Waals surface area contributed by atoms with Crippen LogP contribution >= 0.6 is 0 Å². The molecular weight excluding hydrogens is 1430 g/mol. The van der Waals surface area contributed by atoms with Gasteiger partial charge < -0.3 is 159 Å². The number of hydrogen-bond donors (Lipinski definition) is 19. The number of aliphatic hydroxyl groups excluding tert-OH is 18. The number of benzene rings is 1. The zero-order valence-electron chi connectivity index (χ0n) is 61.7. The van der Waals surface area contributed by atoms with Crippen LogP contribution in [-0.2, 0) is 71.2 Å². The van der Waals surface area contributed by atoms with Crippen molar-refractivity contribution < 1.29 is 168 Å². The Hall–Kier alpha value is -3.72. The topological polar surface area (TPSA) is 539 Å². The second-order valence-corrected chi connectivity index (χ2v) is 33.9. The summed E-state index contributed by atoms with van der Waals surface area (Å²) in [6, 6.07) is 5.81. The van der Waals surface area contributed by atoms with Gasteiger partial charge in [0.25, 0.3) is 0 Å². The molecule has 12 rings (SSSR count). The molecule has 6 aliphatic heterocycles. The molecule has 34 nitrogen and oxygen atoms in total. The number of ether oxygens (including phenoxy) is 13. The number of phenolic OH excluding ortho intramolecular Hbond substituents is 1. The molecule has 4 saturated carbocycles. The fourth-order valence-electron chi connectivity index (χ4n) is 20.2. The maximum atomic E-state index is 15.5. The van der Waals surface area contributed by atoms with Gasteiger partial charge in [-0.3, -0.25) is 4.79 Å². The van der Waals surface area contributed by atoms with E-state index in [0.717, 1.165) is 11.6 Å². The summed E-state index contributed by atoms with van der Waals surface area (Å²) in [7, 11) is 0. The Morgan fingerprint density at radius 2 is 1.08 bits per heavy atom. The minimum Gasteiger partial charge on any atom is -0.508 e. The minimum absolute atomic E-state index is 0.0206. The Balaban J connectivity index is 0.755. The van der Waals surface area contributed by atoms with Gasteiger partial charge in [0, 0.05) is 6.08 Å². The summed E-state index contributed by atoms with van der Waals surface area (Å²) >= 11 is 0. The fraction of sp³-hybridized carbons (Fsp3) is 0.838. The number of rotatable bonds is 19. The molecule has 0 bridgehead atoms. The molecule has 5 aliphatic carbocycles. The smallest absolute Gasteiger partial charge is 0.331 e. The predicted octanol–water partition coefficient (Wildman–Crippen LogP) is -3.78. The van der Waals surface area contributed by atoms with Gasteiger partial charge in [-0.05, 0) is 133 Å². The molecule has 38 atom stereocenters. The molecule has 6 saturated heterocycles. The lowest BCUT2D eigenvalue weighted by Gasteiger charge is -2.71. The molecule has 108 heavy (non-hydrogen) atoms. The zero-order chi connectivity index (χ0) is 78.6. The van der Waals surface area contributed by atoms with Crippen molar-refractivity contribution in [3.8, 4) is 5.75 Å². The standard InChI is InChI=1S/C74H112O34/c1-30-45(82)49(86)53(90)63(98-30)106-59-38(27-77)101-62(56(93)52(59)89)97-29-39-47(84)51(88)55(92)65(102-39)108-68(95)74-22-21-69(2,3)23-34(74)33-14-15-41-71(6)19-18-43(70(4,5)40(71)17-20-72(41,7)73(33,8)24-42(74)80)103-67-61(107-64-54(91)50(87)46(83)36(25-75)99-64)58(35(79)28-96-67)105-66-57(94)60(48(85)37(26-76)100-66)104-44(81)16-11-31-9-12-32(78)13-10-31/h9-14,16,30,34-43,45-67,75-80,82-94H,15,17-29H2,1-8H3/b16-11-/t30-,34-,35-,36+,37-,38-,39+,40-,41+,42+,43-,45-,46+,47+,48+,49+,50-,51-,52+,53-,54+,55+,56+,57+,58+,59+,60-,61-,62+,63-,64-,65-,66-,67-,71-,72+,73+,74+/m0/s1. The van der Waals surface area contributed by atoms with E-state index in [4.69, 9.17) is 61.6 Å². The summed E-state index contributed by atoms with van der Waals surface area (Å²) in [6.07, 6.45) is -43.9. The molecule has 0 spiro atoms. The lowest BCUT2D eigenvalue weighted by Crippen LogP contribution is -2.68. The number of carbonyl (C=O) groups excluding carboxylic acids is 2. The maximum Gasteiger partial charge on any atom is 0.331 e. The summed E-state index contributed by atoms with van der Waals surface area (Å²) in [5.41, 5.74) is -2.88. The van der Waals surface area contributed by atoms with Gasteiger partial charge in [0.1, 0.15) is 139 Å². The van der Waals surface area contributed by atoms with Crippen molar-refractivity contribution in [2.24, 2.45) is 50.2 Å². The summed E-state index contributed by atoms with van der Waals surface area (Å²) in [5.74, 6) is -2.69. The Morgan fingerprint density at radius 1 is 0.519 bits per heavy atom. The first kappa shape index (κ1) is 83.7. The second-order valence-electron chi connectivity index (χ2n) is 33.9. The van der Waals surface area contributed by atoms with Crippen LogP contribution in [0.2, 0.25) is 0 Å². The van der Waals surface area contributed by atoms with Crippen molar-refractivity contribution in [3.05, 3.63) is 47.6 Å². The number of fused-ring (bicyclic) bond motifs is 7. The number of carbonyl (C=O) groups is 2. The van der Waals surface area contributed by atoms with Crippen molar-refractivity contribution in [3.63, 3.8) is 0 Å². The van der Waals surface area contributed by atoms with Crippen LogP contribution in [0.1, 0.15) is 119 Å². The van der Waals surface area contributed by atoms with Crippen molar-refractivity contribution in [1.29, 1.82) is 0 Å². The van der Waals surface area contributed by atoms with Crippen molar-refractivity contribution >= 4 is 18.0 Å². The highest BCUT2D eigenvalue weighted by Crippen LogP contribution is 2.76. The first-order valence-electron chi connectivity index (χ1n) is 37.6. The van der Waals surface area contributed by atoms with Crippen LogP contribution < -0.4 is 0 Å². The molecule has 0 amide bonds. The van der Waals surface area contributed by atoms with Gasteiger partial charge in [0.05, 0.1) is 51.3 Å². The first-order chi connectivity index (χ1) is 50.8. The van der Waals surface area contributed by atoms with Crippen LogP contribution in [0.25, 0.3) is 6.08 Å². The van der Waals surface area contributed by atoms with E-state index in [1.807, 2.05) is 0 Å². The van der Waals surface area contributed by atoms with E-state index in [0.29, 0.717) is 50.5 Å². The van der Waals surface area contributed by atoms with Gasteiger partial charge in [-0.2, -0.15) is 0 Å². The Bertz CT molecular complexity index is 3310. The van der Waals surface area contributed by atoms with E-state index in [9.17, 15) is 102 Å². The number of hydrogen-bond acceptors (Lipinski definition) is 34. The van der Waals surface area contributed by atoms with Gasteiger partial charge in [-0.1, -0.05) is 72.2 Å². The first-order valence-corrected chi connectivity index (χ1v) is 37.6. The molecular formula is C74H112O34. The highest BCUT2D eigenvalue weighted by Gasteiger charge is 2.73. The molecule has 0 aromatic heterocycles. The summed E-state index contributed by atoms with van der Waals surface area (Å²) in [5, 5.41) is 210. The average molecular weight is 1550 g/mol. The lowest BCUT2D eigenvalue weighted by atomic mass is 9.33. The molecule has 0 unspecified atom stereocenters. The van der Waals surface area contributed by atoms with E-state index in [2.05, 4.69) is 54.5 Å². The van der Waals surface area contributed by atoms with E-state index in [-0.39, 0.29) is 35.8 Å². The largest absolute Gasteiger partial charge is 0.508 e.